The molecule has 2 N–H and O–H groups in total. The molecule has 0 aliphatic carbocycles. The zero-order valence-corrected chi connectivity index (χ0v) is 12.2. The monoisotopic (exact) mass is 287 g/mol. The lowest BCUT2D eigenvalue weighted by molar-refractivity contribution is 0.0529. The van der Waals surface area contributed by atoms with Crippen molar-refractivity contribution in [1.82, 2.24) is 10.3 Å². The van der Waals surface area contributed by atoms with Crippen molar-refractivity contribution in [3.05, 3.63) is 33.7 Å². The molecule has 0 saturated heterocycles. The van der Waals surface area contributed by atoms with Crippen LogP contribution in [0.3, 0.4) is 0 Å². The number of alkyl carbamates (subject to hydrolysis) is 1. The molecule has 0 aliphatic rings. The quantitative estimate of drug-likeness (QED) is 0.636. The summed E-state index contributed by atoms with van der Waals surface area (Å²) in [6.45, 7) is 5.72. The first-order chi connectivity index (χ1) is 9.81. The van der Waals surface area contributed by atoms with Crippen molar-refractivity contribution in [3.8, 4) is 17.9 Å². The molecule has 0 saturated carbocycles. The van der Waals surface area contributed by atoms with Crippen LogP contribution in [0, 0.1) is 23.2 Å². The Bertz CT molecular complexity index is 666. The molecule has 0 aliphatic heterocycles. The molecular weight excluding hydrogens is 270 g/mol. The summed E-state index contributed by atoms with van der Waals surface area (Å²) in [5.41, 5.74) is -0.397. The molecule has 1 aromatic rings. The molecule has 21 heavy (non-hydrogen) atoms. The first-order valence-corrected chi connectivity index (χ1v) is 6.40. The second-order valence-corrected chi connectivity index (χ2v) is 5.22. The Morgan fingerprint density at radius 1 is 1.48 bits per heavy atom. The molecule has 0 bridgehead atoms. The largest absolute Gasteiger partial charge is 0.444 e. The molecule has 110 valence electrons. The van der Waals surface area contributed by atoms with Crippen molar-refractivity contribution >= 4 is 6.09 Å². The Kier molecular flexibility index (Phi) is 5.57. The SMILES string of the molecule is CC(C)(C)OC(=O)NCCC#Cc1c[nH]c(=O)c(C#N)c1. The van der Waals surface area contributed by atoms with Crippen LogP contribution in [0.2, 0.25) is 0 Å². The molecule has 0 radical (unpaired) electrons. The lowest BCUT2D eigenvalue weighted by Gasteiger charge is -2.19. The normalized spacial score (nSPS) is 10.0. The predicted molar refractivity (Wildman–Crippen MR) is 77.5 cm³/mol. The molecule has 1 aromatic heterocycles. The highest BCUT2D eigenvalue weighted by atomic mass is 16.6. The molecule has 0 fully saturated rings. The number of nitrogens with zero attached hydrogens (tertiary/aromatic N) is 1. The minimum Gasteiger partial charge on any atom is -0.444 e. The summed E-state index contributed by atoms with van der Waals surface area (Å²) in [6.07, 6.45) is 1.39. The van der Waals surface area contributed by atoms with E-state index >= 15 is 0 Å². The Hall–Kier alpha value is -2.73. The Morgan fingerprint density at radius 2 is 2.19 bits per heavy atom. The summed E-state index contributed by atoms with van der Waals surface area (Å²) in [6, 6.07) is 3.21. The van der Waals surface area contributed by atoms with Crippen LogP contribution in [0.25, 0.3) is 0 Å². The summed E-state index contributed by atoms with van der Waals surface area (Å²) in [7, 11) is 0. The molecule has 6 heteroatoms. The third-order valence-corrected chi connectivity index (χ3v) is 2.17. The van der Waals surface area contributed by atoms with Crippen molar-refractivity contribution in [2.75, 3.05) is 6.54 Å². The van der Waals surface area contributed by atoms with Gasteiger partial charge in [-0.2, -0.15) is 5.26 Å². The number of hydrogen-bond donors (Lipinski definition) is 2. The fourth-order valence-corrected chi connectivity index (χ4v) is 1.34. The van der Waals surface area contributed by atoms with E-state index in [1.807, 2.05) is 0 Å². The van der Waals surface area contributed by atoms with Crippen molar-refractivity contribution in [3.63, 3.8) is 0 Å². The van der Waals surface area contributed by atoms with E-state index in [4.69, 9.17) is 10.00 Å². The number of aromatic amines is 1. The van der Waals surface area contributed by atoms with E-state index in [0.717, 1.165) is 0 Å². The summed E-state index contributed by atoms with van der Waals surface area (Å²) < 4.78 is 5.07. The summed E-state index contributed by atoms with van der Waals surface area (Å²) in [5.74, 6) is 5.64. The van der Waals surface area contributed by atoms with E-state index < -0.39 is 17.3 Å². The lowest BCUT2D eigenvalue weighted by atomic mass is 10.2. The van der Waals surface area contributed by atoms with Gasteiger partial charge in [-0.1, -0.05) is 11.8 Å². The fourth-order valence-electron chi connectivity index (χ4n) is 1.34. The summed E-state index contributed by atoms with van der Waals surface area (Å²) >= 11 is 0. The molecule has 0 aromatic carbocycles. The van der Waals surface area contributed by atoms with Crippen LogP contribution in [0.1, 0.15) is 38.3 Å². The number of carbonyl (C=O) groups is 1. The van der Waals surface area contributed by atoms with Crippen LogP contribution in [0.4, 0.5) is 4.79 Å². The number of carbonyl (C=O) groups excluding carboxylic acids is 1. The van der Waals surface area contributed by atoms with Crippen LogP contribution in [0.5, 0.6) is 0 Å². The van der Waals surface area contributed by atoms with Gasteiger partial charge in [-0.3, -0.25) is 4.79 Å². The van der Waals surface area contributed by atoms with E-state index in [-0.39, 0.29) is 5.56 Å². The van der Waals surface area contributed by atoms with Gasteiger partial charge in [0.15, 0.2) is 0 Å². The van der Waals surface area contributed by atoms with Gasteiger partial charge in [-0.25, -0.2) is 4.79 Å². The van der Waals surface area contributed by atoms with Gasteiger partial charge in [0, 0.05) is 24.7 Å². The van der Waals surface area contributed by atoms with Gasteiger partial charge in [0.05, 0.1) is 0 Å². The molecule has 1 amide bonds. The van der Waals surface area contributed by atoms with Crippen molar-refractivity contribution < 1.29 is 9.53 Å². The van der Waals surface area contributed by atoms with Gasteiger partial charge in [0.25, 0.3) is 5.56 Å². The van der Waals surface area contributed by atoms with E-state index in [1.165, 1.54) is 12.3 Å². The van der Waals surface area contributed by atoms with Crippen LogP contribution in [0.15, 0.2) is 17.1 Å². The number of rotatable bonds is 2. The zero-order chi connectivity index (χ0) is 15.9. The van der Waals surface area contributed by atoms with Gasteiger partial charge in [-0.15, -0.1) is 0 Å². The molecule has 1 heterocycles. The van der Waals surface area contributed by atoms with Crippen LogP contribution in [-0.4, -0.2) is 23.2 Å². The molecule has 0 spiro atoms. The average Bonchev–Trinajstić information content (AvgIpc) is 2.38. The maximum absolute atomic E-state index is 11.4. The number of pyridine rings is 1. The van der Waals surface area contributed by atoms with Gasteiger partial charge in [0.1, 0.15) is 17.2 Å². The second kappa shape index (κ2) is 7.16. The highest BCUT2D eigenvalue weighted by Crippen LogP contribution is 2.06. The predicted octanol–water partition coefficient (Wildman–Crippen LogP) is 1.51. The highest BCUT2D eigenvalue weighted by Gasteiger charge is 2.15. The average molecular weight is 287 g/mol. The van der Waals surface area contributed by atoms with Crippen molar-refractivity contribution in [1.29, 1.82) is 5.26 Å². The van der Waals surface area contributed by atoms with E-state index in [0.29, 0.717) is 18.5 Å². The van der Waals surface area contributed by atoms with Crippen LogP contribution in [-0.2, 0) is 4.74 Å². The standard InChI is InChI=1S/C15H17N3O3/c1-15(2,3)21-14(20)17-7-5-4-6-11-8-12(9-16)13(19)18-10-11/h8,10H,5,7H2,1-3H3,(H,17,20)(H,18,19). The highest BCUT2D eigenvalue weighted by molar-refractivity contribution is 5.67. The number of hydrogen-bond acceptors (Lipinski definition) is 4. The fraction of sp³-hybridized carbons (Fsp3) is 0.400. The Labute approximate surface area is 123 Å². The number of ether oxygens (including phenoxy) is 1. The van der Waals surface area contributed by atoms with Gasteiger partial charge in [0.2, 0.25) is 0 Å². The lowest BCUT2D eigenvalue weighted by Crippen LogP contribution is -2.32. The smallest absolute Gasteiger partial charge is 0.407 e. The van der Waals surface area contributed by atoms with Crippen molar-refractivity contribution in [2.45, 2.75) is 32.8 Å². The van der Waals surface area contributed by atoms with Gasteiger partial charge >= 0.3 is 6.09 Å². The molecule has 0 atom stereocenters. The van der Waals surface area contributed by atoms with E-state index in [2.05, 4.69) is 22.1 Å². The molecule has 6 nitrogen and oxygen atoms in total. The van der Waals surface area contributed by atoms with Crippen LogP contribution >= 0.6 is 0 Å². The number of H-pyrrole nitrogens is 1. The zero-order valence-electron chi connectivity index (χ0n) is 12.2. The topological polar surface area (TPSA) is 95.0 Å². The maximum atomic E-state index is 11.4. The minimum absolute atomic E-state index is 0.0219. The maximum Gasteiger partial charge on any atom is 0.407 e. The Balaban J connectivity index is 2.46. The summed E-state index contributed by atoms with van der Waals surface area (Å²) in [4.78, 5) is 25.0. The number of amides is 1. The molecule has 0 unspecified atom stereocenters. The number of aromatic nitrogens is 1. The molecule has 1 rings (SSSR count). The number of nitrogens with one attached hydrogen (secondary N) is 2. The minimum atomic E-state index is -0.528. The Morgan fingerprint density at radius 3 is 2.81 bits per heavy atom. The van der Waals surface area contributed by atoms with Crippen LogP contribution < -0.4 is 10.9 Å². The third kappa shape index (κ3) is 6.31. The first kappa shape index (κ1) is 16.3. The van der Waals surface area contributed by atoms with Crippen molar-refractivity contribution in [2.24, 2.45) is 0 Å². The third-order valence-electron chi connectivity index (χ3n) is 2.17. The van der Waals surface area contributed by atoms with E-state index in [1.54, 1.807) is 26.8 Å². The number of nitriles is 1. The first-order valence-electron chi connectivity index (χ1n) is 6.40. The van der Waals surface area contributed by atoms with Gasteiger partial charge in [-0.05, 0) is 26.8 Å². The van der Waals surface area contributed by atoms with E-state index in [9.17, 15) is 9.59 Å². The molecular formula is C15H17N3O3. The second-order valence-electron chi connectivity index (χ2n) is 5.22. The summed E-state index contributed by atoms with van der Waals surface area (Å²) in [5, 5.41) is 11.3. The van der Waals surface area contributed by atoms with Gasteiger partial charge < -0.3 is 15.0 Å².